The van der Waals surface area contributed by atoms with Crippen LogP contribution in [-0.4, -0.2) is 37.1 Å². The van der Waals surface area contributed by atoms with Crippen LogP contribution in [0.2, 0.25) is 5.02 Å². The summed E-state index contributed by atoms with van der Waals surface area (Å²) in [6, 6.07) is 12.7. The third-order valence-electron chi connectivity index (χ3n) is 6.63. The van der Waals surface area contributed by atoms with Gasteiger partial charge in [-0.25, -0.2) is 0 Å². The number of aryl methyl sites for hydroxylation is 1. The summed E-state index contributed by atoms with van der Waals surface area (Å²) in [4.78, 5) is 12.8. The first-order valence-electron chi connectivity index (χ1n) is 11.2. The van der Waals surface area contributed by atoms with E-state index < -0.39 is 0 Å². The number of anilines is 1. The molecule has 172 valence electrons. The molecule has 0 spiro atoms. The van der Waals surface area contributed by atoms with E-state index in [-0.39, 0.29) is 36.5 Å². The molecule has 4 nitrogen and oxygen atoms in total. The molecule has 2 aliphatic rings. The topological polar surface area (TPSA) is 38.3 Å². The van der Waals surface area contributed by atoms with Gasteiger partial charge in [-0.3, -0.25) is 4.79 Å². The minimum absolute atomic E-state index is 0. The molecule has 1 N–H and O–H groups in total. The Labute approximate surface area is 213 Å². The summed E-state index contributed by atoms with van der Waals surface area (Å²) in [5.41, 5.74) is 4.51. The minimum atomic E-state index is -0.144. The van der Waals surface area contributed by atoms with Crippen LogP contribution in [0, 0.1) is 6.92 Å². The Hall–Kier alpha value is -1.57. The van der Waals surface area contributed by atoms with Crippen molar-refractivity contribution >= 4 is 29.3 Å². The normalized spacial score (nSPS) is 16.3. The number of carbonyl (C=O) groups excluding carboxylic acids is 1. The van der Waals surface area contributed by atoms with Crippen molar-refractivity contribution in [3.05, 3.63) is 63.7 Å². The highest BCUT2D eigenvalue weighted by molar-refractivity contribution is 6.31. The molecule has 2 aromatic rings. The zero-order chi connectivity index (χ0) is 22.0. The first-order valence-corrected chi connectivity index (χ1v) is 11.6. The van der Waals surface area contributed by atoms with Crippen molar-refractivity contribution < 1.29 is 38.0 Å². The summed E-state index contributed by atoms with van der Waals surface area (Å²) in [7, 11) is 4.68. The maximum absolute atomic E-state index is 12.8. The predicted octanol–water partition coefficient (Wildman–Crippen LogP) is 2.98. The Morgan fingerprint density at radius 1 is 1.12 bits per heavy atom. The average molecular weight is 567 g/mol. The summed E-state index contributed by atoms with van der Waals surface area (Å²) in [5, 5.41) is 3.64. The number of amides is 1. The van der Waals surface area contributed by atoms with Crippen LogP contribution >= 0.6 is 11.6 Å². The molecule has 0 atom stereocenters. The first kappa shape index (κ1) is 25.1. The summed E-state index contributed by atoms with van der Waals surface area (Å²) >= 11 is 6.16. The Balaban J connectivity index is 0.00000289. The predicted molar refractivity (Wildman–Crippen MR) is 127 cm³/mol. The quantitative estimate of drug-likeness (QED) is 0.447. The van der Waals surface area contributed by atoms with Crippen LogP contribution in [0.5, 0.6) is 5.75 Å². The Morgan fingerprint density at radius 2 is 1.81 bits per heavy atom. The van der Waals surface area contributed by atoms with Crippen LogP contribution in [0.3, 0.4) is 0 Å². The third kappa shape index (κ3) is 5.86. The van der Waals surface area contributed by atoms with Crippen molar-refractivity contribution in [3.63, 3.8) is 0 Å². The number of halogens is 2. The second-order valence-electron chi connectivity index (χ2n) is 9.48. The van der Waals surface area contributed by atoms with Crippen molar-refractivity contribution in [1.82, 2.24) is 0 Å². The van der Waals surface area contributed by atoms with E-state index in [0.29, 0.717) is 10.6 Å². The van der Waals surface area contributed by atoms with Gasteiger partial charge in [-0.2, -0.15) is 0 Å². The maximum Gasteiger partial charge on any atom is 0.255 e. The zero-order valence-electron chi connectivity index (χ0n) is 19.1. The molecule has 32 heavy (non-hydrogen) atoms. The maximum atomic E-state index is 12.8. The fraction of sp³-hybridized carbons (Fsp3) is 0.423. The van der Waals surface area contributed by atoms with Crippen molar-refractivity contribution in [2.24, 2.45) is 0 Å². The number of fused-ring (bicyclic) bond motifs is 1. The number of hydrogen-bond donors (Lipinski definition) is 1. The van der Waals surface area contributed by atoms with Crippen molar-refractivity contribution in [2.75, 3.05) is 26.0 Å². The summed E-state index contributed by atoms with van der Waals surface area (Å²) in [6.07, 6.45) is 8.61. The van der Waals surface area contributed by atoms with E-state index in [9.17, 15) is 4.79 Å². The number of ether oxygens (including phenoxy) is 1. The first-order chi connectivity index (χ1) is 14.8. The second-order valence-corrected chi connectivity index (χ2v) is 9.92. The molecule has 0 saturated heterocycles. The van der Waals surface area contributed by atoms with Gasteiger partial charge < -0.3 is 38.5 Å². The number of nitrogens with one attached hydrogen (secondary N) is 1. The summed E-state index contributed by atoms with van der Waals surface area (Å²) < 4.78 is 6.85. The number of nitrogens with zero attached hydrogens (tertiary/aromatic N) is 1. The van der Waals surface area contributed by atoms with E-state index in [4.69, 9.17) is 16.3 Å². The molecular formula is C26H32ClIN2O2. The van der Waals surface area contributed by atoms with E-state index in [1.165, 1.54) is 37.7 Å². The van der Waals surface area contributed by atoms with Gasteiger partial charge in [0.05, 0.1) is 25.7 Å². The SMILES string of the molecule is Cc1cc(Cl)cc2c1OCC(C(=O)Nc1ccc(C[N+](C)(C)C3CCCCC3)cc1)=C2.[I-]. The Morgan fingerprint density at radius 3 is 2.50 bits per heavy atom. The molecule has 2 aromatic carbocycles. The van der Waals surface area contributed by atoms with Gasteiger partial charge in [0.15, 0.2) is 0 Å². The average Bonchev–Trinajstić information content (AvgIpc) is 2.75. The van der Waals surface area contributed by atoms with Crippen LogP contribution < -0.4 is 34.0 Å². The van der Waals surface area contributed by atoms with Gasteiger partial charge in [-0.15, -0.1) is 0 Å². The smallest absolute Gasteiger partial charge is 0.255 e. The largest absolute Gasteiger partial charge is 1.00 e. The highest BCUT2D eigenvalue weighted by Crippen LogP contribution is 2.33. The van der Waals surface area contributed by atoms with E-state index >= 15 is 0 Å². The fourth-order valence-corrected chi connectivity index (χ4v) is 5.14. The highest BCUT2D eigenvalue weighted by atomic mass is 127. The molecular weight excluding hydrogens is 535 g/mol. The lowest BCUT2D eigenvalue weighted by molar-refractivity contribution is -0.929. The van der Waals surface area contributed by atoms with Crippen molar-refractivity contribution in [2.45, 2.75) is 51.6 Å². The number of hydrogen-bond acceptors (Lipinski definition) is 2. The molecule has 1 aliphatic carbocycles. The Kier molecular flexibility index (Phi) is 8.28. The van der Waals surface area contributed by atoms with Gasteiger partial charge in [0.25, 0.3) is 5.91 Å². The lowest BCUT2D eigenvalue weighted by Gasteiger charge is -2.40. The number of carbonyl (C=O) groups is 1. The number of quaternary nitrogens is 1. The van der Waals surface area contributed by atoms with E-state index in [0.717, 1.165) is 39.6 Å². The van der Waals surface area contributed by atoms with Gasteiger partial charge in [-0.05, 0) is 68.5 Å². The number of rotatable bonds is 5. The molecule has 0 bridgehead atoms. The molecule has 1 saturated carbocycles. The van der Waals surface area contributed by atoms with E-state index in [1.54, 1.807) is 0 Å². The van der Waals surface area contributed by atoms with Gasteiger partial charge in [0.2, 0.25) is 0 Å². The minimum Gasteiger partial charge on any atom is -1.00 e. The molecule has 1 amide bonds. The summed E-state index contributed by atoms with van der Waals surface area (Å²) in [5.74, 6) is 0.651. The highest BCUT2D eigenvalue weighted by Gasteiger charge is 2.29. The van der Waals surface area contributed by atoms with Crippen LogP contribution in [0.4, 0.5) is 5.69 Å². The van der Waals surface area contributed by atoms with Gasteiger partial charge >= 0.3 is 0 Å². The molecule has 1 fully saturated rings. The van der Waals surface area contributed by atoms with E-state index in [1.807, 2.05) is 37.3 Å². The van der Waals surface area contributed by atoms with Gasteiger partial charge in [0.1, 0.15) is 18.9 Å². The lowest BCUT2D eigenvalue weighted by atomic mass is 9.92. The Bertz CT molecular complexity index is 996. The number of benzene rings is 2. The van der Waals surface area contributed by atoms with Gasteiger partial charge in [-0.1, -0.05) is 30.2 Å². The molecule has 6 heteroatoms. The lowest BCUT2D eigenvalue weighted by Crippen LogP contribution is -3.00. The van der Waals surface area contributed by atoms with Crippen LogP contribution in [0.25, 0.3) is 6.08 Å². The molecule has 4 rings (SSSR count). The van der Waals surface area contributed by atoms with Crippen molar-refractivity contribution in [1.29, 1.82) is 0 Å². The molecule has 0 radical (unpaired) electrons. The standard InChI is InChI=1S/C26H31ClN2O2.HI/c1-18-13-22(27)15-20-14-21(17-31-25(18)20)26(30)28-23-11-9-19(10-12-23)16-29(2,3)24-7-5-4-6-8-24;/h9-15,24H,4-8,16-17H2,1-3H3;1H. The molecule has 0 aromatic heterocycles. The van der Waals surface area contributed by atoms with E-state index in [2.05, 4.69) is 31.5 Å². The molecule has 0 unspecified atom stereocenters. The third-order valence-corrected chi connectivity index (χ3v) is 6.84. The second kappa shape index (κ2) is 10.6. The van der Waals surface area contributed by atoms with Crippen LogP contribution in [0.1, 0.15) is 48.8 Å². The van der Waals surface area contributed by atoms with Crippen LogP contribution in [0.15, 0.2) is 42.0 Å². The molecule has 1 aliphatic heterocycles. The van der Waals surface area contributed by atoms with Crippen molar-refractivity contribution in [3.8, 4) is 5.75 Å². The molecule has 1 heterocycles. The fourth-order valence-electron chi connectivity index (χ4n) is 4.86. The zero-order valence-corrected chi connectivity index (χ0v) is 22.0. The van der Waals surface area contributed by atoms with Crippen LogP contribution in [-0.2, 0) is 11.3 Å². The summed E-state index contributed by atoms with van der Waals surface area (Å²) in [6.45, 7) is 3.22. The monoisotopic (exact) mass is 566 g/mol. The van der Waals surface area contributed by atoms with Gasteiger partial charge in [0, 0.05) is 21.8 Å².